The lowest BCUT2D eigenvalue weighted by molar-refractivity contribution is -0.136. The van der Waals surface area contributed by atoms with Gasteiger partial charge in [-0.3, -0.25) is 9.59 Å². The molecule has 2 heterocycles. The van der Waals surface area contributed by atoms with Gasteiger partial charge in [-0.2, -0.15) is 0 Å². The number of carboxylic acid groups (broad SMARTS) is 1. The Bertz CT molecular complexity index is 812. The molecule has 3 aromatic rings. The molecule has 1 N–H and O–H groups in total. The van der Waals surface area contributed by atoms with Crippen LogP contribution in [0.2, 0.25) is 0 Å². The molecular formula is C16H12O4S. The predicted octanol–water partition coefficient (Wildman–Crippen LogP) is 4.21. The number of para-hydroxylation sites is 1. The first-order valence-electron chi connectivity index (χ1n) is 6.45. The lowest BCUT2D eigenvalue weighted by Crippen LogP contribution is -2.01. The minimum Gasteiger partial charge on any atom is -0.481 e. The normalized spacial score (nSPS) is 10.9. The van der Waals surface area contributed by atoms with E-state index in [0.717, 1.165) is 22.1 Å². The van der Waals surface area contributed by atoms with E-state index in [4.69, 9.17) is 9.52 Å². The Morgan fingerprint density at radius 3 is 2.86 bits per heavy atom. The molecule has 4 nitrogen and oxygen atoms in total. The van der Waals surface area contributed by atoms with Gasteiger partial charge in [0.1, 0.15) is 5.58 Å². The van der Waals surface area contributed by atoms with Crippen molar-refractivity contribution < 1.29 is 19.1 Å². The molecule has 0 fully saturated rings. The number of Topliss-reactive ketones (excluding diaryl/α,β-unsaturated/α-hetero) is 1. The maximum atomic E-state index is 11.9. The Hall–Kier alpha value is -2.40. The van der Waals surface area contributed by atoms with Gasteiger partial charge >= 0.3 is 5.97 Å². The van der Waals surface area contributed by atoms with Gasteiger partial charge in [0.25, 0.3) is 0 Å². The number of carbonyl (C=O) groups is 2. The summed E-state index contributed by atoms with van der Waals surface area (Å²) < 4.78 is 5.49. The van der Waals surface area contributed by atoms with Crippen LogP contribution in [0.4, 0.5) is 0 Å². The summed E-state index contributed by atoms with van der Waals surface area (Å²) in [6.07, 6.45) is 1.53. The highest BCUT2D eigenvalue weighted by molar-refractivity contribution is 7.12. The third-order valence-electron chi connectivity index (χ3n) is 3.23. The molecule has 0 saturated carbocycles. The maximum absolute atomic E-state index is 11.9. The van der Waals surface area contributed by atoms with Gasteiger partial charge in [-0.1, -0.05) is 18.2 Å². The van der Waals surface area contributed by atoms with Gasteiger partial charge < -0.3 is 9.52 Å². The Morgan fingerprint density at radius 2 is 2.05 bits per heavy atom. The smallest absolute Gasteiger partial charge is 0.303 e. The molecule has 0 aliphatic heterocycles. The van der Waals surface area contributed by atoms with Crippen molar-refractivity contribution in [2.75, 3.05) is 0 Å². The number of thiophene rings is 1. The maximum Gasteiger partial charge on any atom is 0.303 e. The molecule has 1 aromatic carbocycles. The highest BCUT2D eigenvalue weighted by Gasteiger charge is 2.14. The van der Waals surface area contributed by atoms with E-state index in [0.29, 0.717) is 4.88 Å². The van der Waals surface area contributed by atoms with Crippen LogP contribution in [0.1, 0.15) is 22.5 Å². The van der Waals surface area contributed by atoms with E-state index in [-0.39, 0.29) is 18.6 Å². The number of hydrogen-bond donors (Lipinski definition) is 1. The summed E-state index contributed by atoms with van der Waals surface area (Å²) in [6.45, 7) is 0. The minimum absolute atomic E-state index is 0.0280. The van der Waals surface area contributed by atoms with E-state index in [1.807, 2.05) is 29.6 Å². The van der Waals surface area contributed by atoms with E-state index < -0.39 is 5.97 Å². The van der Waals surface area contributed by atoms with Crippen LogP contribution in [0.5, 0.6) is 0 Å². The number of ketones is 1. The largest absolute Gasteiger partial charge is 0.481 e. The zero-order valence-electron chi connectivity index (χ0n) is 11.0. The second kappa shape index (κ2) is 5.54. The van der Waals surface area contributed by atoms with Gasteiger partial charge in [-0.25, -0.2) is 0 Å². The number of benzene rings is 1. The molecule has 0 saturated heterocycles. The Morgan fingerprint density at radius 1 is 1.19 bits per heavy atom. The molecule has 5 heteroatoms. The molecule has 21 heavy (non-hydrogen) atoms. The summed E-state index contributed by atoms with van der Waals surface area (Å²) in [5, 5.41) is 11.5. The van der Waals surface area contributed by atoms with Crippen LogP contribution in [-0.2, 0) is 4.79 Å². The number of hydrogen-bond acceptors (Lipinski definition) is 4. The lowest BCUT2D eigenvalue weighted by Gasteiger charge is -1.98. The molecule has 0 aliphatic rings. The van der Waals surface area contributed by atoms with Crippen LogP contribution in [0.25, 0.3) is 22.1 Å². The van der Waals surface area contributed by atoms with Gasteiger partial charge in [0.2, 0.25) is 0 Å². The summed E-state index contributed by atoms with van der Waals surface area (Å²) in [4.78, 5) is 23.0. The molecule has 0 unspecified atom stereocenters. The first kappa shape index (κ1) is 13.6. The number of aliphatic carboxylic acids is 1. The molecule has 0 bridgehead atoms. The number of carboxylic acids is 1. The monoisotopic (exact) mass is 300 g/mol. The molecular weight excluding hydrogens is 288 g/mol. The van der Waals surface area contributed by atoms with Gasteiger partial charge in [-0.15, -0.1) is 11.3 Å². The third kappa shape index (κ3) is 2.73. The average molecular weight is 300 g/mol. The van der Waals surface area contributed by atoms with Crippen molar-refractivity contribution in [3.63, 3.8) is 0 Å². The first-order chi connectivity index (χ1) is 10.1. The third-order valence-corrected chi connectivity index (χ3v) is 4.20. The van der Waals surface area contributed by atoms with Crippen LogP contribution in [0.3, 0.4) is 0 Å². The number of carbonyl (C=O) groups excluding carboxylic acids is 1. The van der Waals surface area contributed by atoms with E-state index in [2.05, 4.69) is 0 Å². The Balaban J connectivity index is 1.89. The van der Waals surface area contributed by atoms with Gasteiger partial charge in [0, 0.05) is 17.4 Å². The molecule has 0 radical (unpaired) electrons. The standard InChI is InChI=1S/C16H12O4S/c17-13(4-5-15(18)19)14-8-11(9-21-14)12-3-1-2-10-6-7-20-16(10)12/h1-3,6-9H,4-5H2,(H,18,19). The van der Waals surface area contributed by atoms with Crippen molar-refractivity contribution in [3.05, 3.63) is 46.9 Å². The van der Waals surface area contributed by atoms with Crippen molar-refractivity contribution >= 4 is 34.1 Å². The van der Waals surface area contributed by atoms with Gasteiger partial charge in [0.05, 0.1) is 17.6 Å². The van der Waals surface area contributed by atoms with E-state index in [1.165, 1.54) is 11.3 Å². The van der Waals surface area contributed by atoms with Gasteiger partial charge in [0.15, 0.2) is 5.78 Å². The second-order valence-corrected chi connectivity index (χ2v) is 5.57. The minimum atomic E-state index is -0.958. The zero-order valence-corrected chi connectivity index (χ0v) is 11.9. The van der Waals surface area contributed by atoms with E-state index >= 15 is 0 Å². The van der Waals surface area contributed by atoms with Crippen LogP contribution >= 0.6 is 11.3 Å². The molecule has 3 rings (SSSR count). The Kier molecular flexibility index (Phi) is 3.58. The average Bonchev–Trinajstić information content (AvgIpc) is 3.12. The number of furan rings is 1. The molecule has 0 amide bonds. The number of fused-ring (bicyclic) bond motifs is 1. The number of rotatable bonds is 5. The summed E-state index contributed by atoms with van der Waals surface area (Å²) in [5.74, 6) is -1.10. The van der Waals surface area contributed by atoms with Crippen LogP contribution in [-0.4, -0.2) is 16.9 Å². The zero-order chi connectivity index (χ0) is 14.8. The fourth-order valence-corrected chi connectivity index (χ4v) is 3.07. The van der Waals surface area contributed by atoms with Gasteiger partial charge in [-0.05, 0) is 23.1 Å². The topological polar surface area (TPSA) is 67.5 Å². The van der Waals surface area contributed by atoms with Crippen LogP contribution < -0.4 is 0 Å². The Labute approximate surface area is 124 Å². The first-order valence-corrected chi connectivity index (χ1v) is 7.33. The summed E-state index contributed by atoms with van der Waals surface area (Å²) in [5.41, 5.74) is 2.64. The molecule has 106 valence electrons. The van der Waals surface area contributed by atoms with Crippen LogP contribution in [0.15, 0.2) is 46.4 Å². The highest BCUT2D eigenvalue weighted by atomic mass is 32.1. The summed E-state index contributed by atoms with van der Waals surface area (Å²) in [6, 6.07) is 9.54. The highest BCUT2D eigenvalue weighted by Crippen LogP contribution is 2.32. The van der Waals surface area contributed by atoms with E-state index in [1.54, 1.807) is 12.3 Å². The summed E-state index contributed by atoms with van der Waals surface area (Å²) in [7, 11) is 0. The van der Waals surface area contributed by atoms with Crippen molar-refractivity contribution in [1.82, 2.24) is 0 Å². The molecule has 0 atom stereocenters. The molecule has 2 aromatic heterocycles. The van der Waals surface area contributed by atoms with Crippen LogP contribution in [0, 0.1) is 0 Å². The second-order valence-electron chi connectivity index (χ2n) is 4.66. The fraction of sp³-hybridized carbons (Fsp3) is 0.125. The fourth-order valence-electron chi connectivity index (χ4n) is 2.19. The van der Waals surface area contributed by atoms with E-state index in [9.17, 15) is 9.59 Å². The lowest BCUT2D eigenvalue weighted by atomic mass is 10.1. The van der Waals surface area contributed by atoms with Crippen molar-refractivity contribution in [3.8, 4) is 11.1 Å². The van der Waals surface area contributed by atoms with Crippen molar-refractivity contribution in [2.24, 2.45) is 0 Å². The van der Waals surface area contributed by atoms with Crippen molar-refractivity contribution in [2.45, 2.75) is 12.8 Å². The van der Waals surface area contributed by atoms with Crippen molar-refractivity contribution in [1.29, 1.82) is 0 Å². The predicted molar refractivity (Wildman–Crippen MR) is 80.7 cm³/mol. The summed E-state index contributed by atoms with van der Waals surface area (Å²) >= 11 is 1.33. The molecule has 0 aliphatic carbocycles. The molecule has 0 spiro atoms. The SMILES string of the molecule is O=C(O)CCC(=O)c1cc(-c2cccc3ccoc23)cs1. The quantitative estimate of drug-likeness (QED) is 0.717.